The van der Waals surface area contributed by atoms with Gasteiger partial charge in [-0.2, -0.15) is 12.6 Å². The summed E-state index contributed by atoms with van der Waals surface area (Å²) in [6, 6.07) is 0. The predicted octanol–water partition coefficient (Wildman–Crippen LogP) is 5.68. The average molecular weight is 401 g/mol. The minimum atomic E-state index is -0.214. The van der Waals surface area contributed by atoms with E-state index in [2.05, 4.69) is 33.4 Å². The van der Waals surface area contributed by atoms with E-state index in [0.29, 0.717) is 37.9 Å². The lowest BCUT2D eigenvalue weighted by Gasteiger charge is -2.29. The van der Waals surface area contributed by atoms with Gasteiger partial charge in [-0.3, -0.25) is 4.79 Å². The number of ketones is 1. The van der Waals surface area contributed by atoms with Crippen LogP contribution in [0.5, 0.6) is 0 Å². The van der Waals surface area contributed by atoms with Crippen LogP contribution in [-0.4, -0.2) is 42.6 Å². The molecule has 4 nitrogen and oxygen atoms in total. The van der Waals surface area contributed by atoms with Crippen molar-refractivity contribution in [1.82, 2.24) is 0 Å². The first kappa shape index (κ1) is 26.2. The van der Waals surface area contributed by atoms with E-state index < -0.39 is 0 Å². The predicted molar refractivity (Wildman–Crippen MR) is 117 cm³/mol. The fourth-order valence-corrected chi connectivity index (χ4v) is 2.79. The Hall–Kier alpha value is -0.780. The molecule has 158 valence electrons. The highest BCUT2D eigenvalue weighted by molar-refractivity contribution is 7.80. The van der Waals surface area contributed by atoms with Crippen LogP contribution in [0.3, 0.4) is 0 Å². The van der Waals surface area contributed by atoms with E-state index in [1.54, 1.807) is 6.08 Å². The minimum absolute atomic E-state index is 0.105. The first-order valence-electron chi connectivity index (χ1n) is 10.3. The smallest absolute Gasteiger partial charge is 0.222 e. The Bertz CT molecular complexity index is 471. The SMILES string of the molecule is CC.CCC(C)(CCOCCOCCC(C)S)CCC1=CCC=C(O)C1=O. The van der Waals surface area contributed by atoms with Gasteiger partial charge in [0.2, 0.25) is 5.78 Å². The second-order valence-electron chi connectivity index (χ2n) is 7.16. The molecule has 2 atom stereocenters. The molecular formula is C22H40O4S. The highest BCUT2D eigenvalue weighted by Gasteiger charge is 2.25. The van der Waals surface area contributed by atoms with Crippen molar-refractivity contribution in [3.63, 3.8) is 0 Å². The summed E-state index contributed by atoms with van der Waals surface area (Å²) >= 11 is 4.31. The lowest BCUT2D eigenvalue weighted by Crippen LogP contribution is -2.20. The van der Waals surface area contributed by atoms with Crippen molar-refractivity contribution in [3.05, 3.63) is 23.5 Å². The van der Waals surface area contributed by atoms with Gasteiger partial charge in [0.25, 0.3) is 0 Å². The molecule has 0 bridgehead atoms. The fraction of sp³-hybridized carbons (Fsp3) is 0.773. The second kappa shape index (κ2) is 15.2. The molecule has 0 aliphatic heterocycles. The lowest BCUT2D eigenvalue weighted by molar-refractivity contribution is -0.114. The van der Waals surface area contributed by atoms with Gasteiger partial charge in [-0.05, 0) is 49.2 Å². The molecule has 0 spiro atoms. The molecule has 0 saturated carbocycles. The molecule has 1 rings (SSSR count). The van der Waals surface area contributed by atoms with Crippen LogP contribution >= 0.6 is 12.6 Å². The van der Waals surface area contributed by atoms with Crippen LogP contribution in [0.2, 0.25) is 0 Å². The fourth-order valence-electron chi connectivity index (χ4n) is 2.69. The van der Waals surface area contributed by atoms with Crippen LogP contribution < -0.4 is 0 Å². The number of thiol groups is 1. The van der Waals surface area contributed by atoms with Gasteiger partial charge in [-0.15, -0.1) is 0 Å². The van der Waals surface area contributed by atoms with Gasteiger partial charge >= 0.3 is 0 Å². The molecule has 0 aromatic heterocycles. The van der Waals surface area contributed by atoms with E-state index in [0.717, 1.165) is 37.9 Å². The van der Waals surface area contributed by atoms with Gasteiger partial charge in [-0.1, -0.05) is 47.1 Å². The number of hydrogen-bond donors (Lipinski definition) is 2. The summed E-state index contributed by atoms with van der Waals surface area (Å²) in [7, 11) is 0. The van der Waals surface area contributed by atoms with Crippen molar-refractivity contribution >= 4 is 18.4 Å². The van der Waals surface area contributed by atoms with Crippen molar-refractivity contribution in [2.75, 3.05) is 26.4 Å². The van der Waals surface area contributed by atoms with E-state index in [1.807, 2.05) is 19.9 Å². The molecule has 1 N–H and O–H groups in total. The molecule has 0 saturated heterocycles. The van der Waals surface area contributed by atoms with Crippen LogP contribution in [0.1, 0.15) is 73.1 Å². The Morgan fingerprint density at radius 1 is 1.15 bits per heavy atom. The largest absolute Gasteiger partial charge is 0.504 e. The Labute approximate surface area is 171 Å². The molecule has 1 aliphatic carbocycles. The van der Waals surface area contributed by atoms with Crippen molar-refractivity contribution in [1.29, 1.82) is 0 Å². The van der Waals surface area contributed by atoms with Gasteiger partial charge < -0.3 is 14.6 Å². The van der Waals surface area contributed by atoms with Gasteiger partial charge in [0, 0.05) is 18.5 Å². The molecule has 0 radical (unpaired) electrons. The van der Waals surface area contributed by atoms with Crippen LogP contribution in [0.4, 0.5) is 0 Å². The first-order chi connectivity index (χ1) is 12.9. The van der Waals surface area contributed by atoms with Crippen LogP contribution in [0.25, 0.3) is 0 Å². The third-order valence-corrected chi connectivity index (χ3v) is 5.21. The zero-order valence-electron chi connectivity index (χ0n) is 17.9. The Kier molecular flexibility index (Phi) is 14.7. The lowest BCUT2D eigenvalue weighted by atomic mass is 9.78. The number of ether oxygens (including phenoxy) is 2. The monoisotopic (exact) mass is 400 g/mol. The second-order valence-corrected chi connectivity index (χ2v) is 8.04. The molecule has 0 heterocycles. The van der Waals surface area contributed by atoms with E-state index in [4.69, 9.17) is 9.47 Å². The molecule has 0 amide bonds. The molecule has 1 aliphatic rings. The summed E-state index contributed by atoms with van der Waals surface area (Å²) in [5.74, 6) is -0.319. The normalized spacial score (nSPS) is 17.3. The van der Waals surface area contributed by atoms with Crippen LogP contribution in [0.15, 0.2) is 23.5 Å². The highest BCUT2D eigenvalue weighted by atomic mass is 32.1. The number of rotatable bonds is 13. The standard InChI is InChI=1S/C20H34O4S.C2H6/c1-4-20(3,10-8-17-6-5-7-18(21)19(17)22)11-13-24-15-14-23-12-9-16(2)25;1-2/h6-7,16,21,25H,4-5,8-15H2,1-3H3;1-2H3. The molecule has 0 aromatic rings. The molecule has 2 unspecified atom stereocenters. The number of aliphatic hydroxyl groups is 1. The number of allylic oxidation sites excluding steroid dienone is 3. The Morgan fingerprint density at radius 2 is 1.78 bits per heavy atom. The zero-order chi connectivity index (χ0) is 20.7. The third-order valence-electron chi connectivity index (χ3n) is 4.95. The maximum Gasteiger partial charge on any atom is 0.222 e. The van der Waals surface area contributed by atoms with Gasteiger partial charge in [-0.25, -0.2) is 0 Å². The number of Topliss-reactive ketones (excluding diaryl/α,β-unsaturated/α-hetero) is 1. The number of carbonyl (C=O) groups excluding carboxylic acids is 1. The van der Waals surface area contributed by atoms with E-state index in [-0.39, 0.29) is 17.0 Å². The van der Waals surface area contributed by atoms with E-state index in [1.165, 1.54) is 0 Å². The molecular weight excluding hydrogens is 360 g/mol. The van der Waals surface area contributed by atoms with Crippen LogP contribution in [-0.2, 0) is 14.3 Å². The van der Waals surface area contributed by atoms with Gasteiger partial charge in [0.1, 0.15) is 0 Å². The summed E-state index contributed by atoms with van der Waals surface area (Å²) in [5.41, 5.74) is 0.882. The summed E-state index contributed by atoms with van der Waals surface area (Å²) in [6.07, 6.45) is 8.73. The first-order valence-corrected chi connectivity index (χ1v) is 10.9. The number of hydrogen-bond acceptors (Lipinski definition) is 5. The molecule has 0 aromatic carbocycles. The maximum atomic E-state index is 11.9. The van der Waals surface area contributed by atoms with E-state index in [9.17, 15) is 9.90 Å². The maximum absolute atomic E-state index is 11.9. The third kappa shape index (κ3) is 11.6. The van der Waals surface area contributed by atoms with Crippen molar-refractivity contribution in [3.8, 4) is 0 Å². The summed E-state index contributed by atoms with van der Waals surface area (Å²) in [5, 5.41) is 9.93. The summed E-state index contributed by atoms with van der Waals surface area (Å²) in [4.78, 5) is 11.9. The summed E-state index contributed by atoms with van der Waals surface area (Å²) in [6.45, 7) is 13.1. The quantitative estimate of drug-likeness (QED) is 0.308. The van der Waals surface area contributed by atoms with E-state index >= 15 is 0 Å². The molecule has 27 heavy (non-hydrogen) atoms. The number of aliphatic hydroxyl groups excluding tert-OH is 1. The minimum Gasteiger partial charge on any atom is -0.504 e. The van der Waals surface area contributed by atoms with Crippen LogP contribution in [0, 0.1) is 5.41 Å². The summed E-state index contributed by atoms with van der Waals surface area (Å²) < 4.78 is 11.2. The van der Waals surface area contributed by atoms with Crippen molar-refractivity contribution in [2.45, 2.75) is 78.4 Å². The van der Waals surface area contributed by atoms with Gasteiger partial charge in [0.15, 0.2) is 5.76 Å². The molecule has 5 heteroatoms. The van der Waals surface area contributed by atoms with Crippen molar-refractivity contribution in [2.24, 2.45) is 5.41 Å². The van der Waals surface area contributed by atoms with Gasteiger partial charge in [0.05, 0.1) is 13.2 Å². The highest BCUT2D eigenvalue weighted by Crippen LogP contribution is 2.34. The number of carbonyl (C=O) groups is 1. The topological polar surface area (TPSA) is 55.8 Å². The zero-order valence-corrected chi connectivity index (χ0v) is 18.8. The Morgan fingerprint density at radius 3 is 2.37 bits per heavy atom. The average Bonchev–Trinajstić information content (AvgIpc) is 2.66. The van der Waals surface area contributed by atoms with Crippen molar-refractivity contribution < 1.29 is 19.4 Å². The Balaban J connectivity index is 0.00000326. The molecule has 0 fully saturated rings.